The number of nitrogens with one attached hydrogen (secondary N) is 2. The van der Waals surface area contributed by atoms with Gasteiger partial charge in [0, 0.05) is 12.7 Å². The van der Waals surface area contributed by atoms with Gasteiger partial charge in [-0.3, -0.25) is 9.36 Å². The molecule has 0 unspecified atom stereocenters. The van der Waals surface area contributed by atoms with Crippen molar-refractivity contribution in [2.24, 2.45) is 0 Å². The van der Waals surface area contributed by atoms with Crippen molar-refractivity contribution in [1.82, 2.24) is 20.2 Å². The van der Waals surface area contributed by atoms with E-state index in [0.717, 1.165) is 16.7 Å². The standard InChI is InChI=1S/C32H33FN4O3/c1-3-22-40-31(39)35-24(2)29(38)34-21-13-20-28-23-37(30(33)36-28)32(25-14-7-4-8-15-25,26-16-9-5-10-17-26)27-18-11-6-12-19-27/h3-12,14-19,23-24H,1,13,20-22H2,2H3,(H,34,38)(H,35,39)/t24-/m0/s1/i23D. The number of aryl methyl sites for hydroxylation is 1. The van der Waals surface area contributed by atoms with E-state index in [9.17, 15) is 9.59 Å². The van der Waals surface area contributed by atoms with Crippen molar-refractivity contribution in [2.75, 3.05) is 13.2 Å². The van der Waals surface area contributed by atoms with Gasteiger partial charge in [-0.2, -0.15) is 4.39 Å². The molecule has 206 valence electrons. The molecule has 0 aliphatic heterocycles. The Labute approximate surface area is 235 Å². The van der Waals surface area contributed by atoms with E-state index in [4.69, 9.17) is 6.11 Å². The van der Waals surface area contributed by atoms with Crippen molar-refractivity contribution in [3.05, 3.63) is 138 Å². The van der Waals surface area contributed by atoms with Crippen LogP contribution in [-0.4, -0.2) is 40.7 Å². The Balaban J connectivity index is 1.61. The number of carbonyl (C=O) groups excluding carboxylic acids is 2. The SMILES string of the molecule is [2H]c1c(CCCNC(=O)[C@H](C)NC(=O)OCC=C)nc(F)n1C(c1ccccc1)(c1ccccc1)c1ccccc1. The van der Waals surface area contributed by atoms with Gasteiger partial charge in [0.1, 0.15) is 18.2 Å². The van der Waals surface area contributed by atoms with Crippen LogP contribution in [0.5, 0.6) is 0 Å². The van der Waals surface area contributed by atoms with Crippen LogP contribution < -0.4 is 10.6 Å². The summed E-state index contributed by atoms with van der Waals surface area (Å²) in [4.78, 5) is 28.2. The van der Waals surface area contributed by atoms with Crippen LogP contribution in [0.2, 0.25) is 0 Å². The first-order valence-electron chi connectivity index (χ1n) is 13.6. The number of halogens is 1. The van der Waals surface area contributed by atoms with Crippen LogP contribution in [0, 0.1) is 6.08 Å². The normalized spacial score (nSPS) is 12.2. The highest BCUT2D eigenvalue weighted by Gasteiger charge is 2.40. The monoisotopic (exact) mass is 541 g/mol. The summed E-state index contributed by atoms with van der Waals surface area (Å²) < 4.78 is 31.3. The predicted octanol–water partition coefficient (Wildman–Crippen LogP) is 5.21. The molecule has 0 aliphatic carbocycles. The Morgan fingerprint density at radius 3 is 2.05 bits per heavy atom. The lowest BCUT2D eigenvalue weighted by atomic mass is 9.76. The molecule has 2 amide bonds. The van der Waals surface area contributed by atoms with Gasteiger partial charge in [-0.05, 0) is 36.5 Å². The van der Waals surface area contributed by atoms with Crippen molar-refractivity contribution in [3.63, 3.8) is 0 Å². The Kier molecular flexibility index (Phi) is 8.98. The molecule has 1 atom stereocenters. The highest BCUT2D eigenvalue weighted by molar-refractivity contribution is 5.85. The van der Waals surface area contributed by atoms with E-state index in [1.165, 1.54) is 10.6 Å². The molecule has 0 saturated heterocycles. The number of carbonyl (C=O) groups is 2. The van der Waals surface area contributed by atoms with Gasteiger partial charge in [-0.15, -0.1) is 0 Å². The number of ether oxygens (including phenoxy) is 1. The zero-order valence-corrected chi connectivity index (χ0v) is 22.3. The quantitative estimate of drug-likeness (QED) is 0.146. The fourth-order valence-corrected chi connectivity index (χ4v) is 4.66. The smallest absolute Gasteiger partial charge is 0.408 e. The fourth-order valence-electron chi connectivity index (χ4n) is 4.66. The van der Waals surface area contributed by atoms with Crippen molar-refractivity contribution in [3.8, 4) is 0 Å². The molecule has 0 fully saturated rings. The molecule has 3 aromatic carbocycles. The van der Waals surface area contributed by atoms with Crippen LogP contribution in [0.3, 0.4) is 0 Å². The average Bonchev–Trinajstić information content (AvgIpc) is 3.29. The molecule has 0 radical (unpaired) electrons. The third-order valence-electron chi connectivity index (χ3n) is 6.51. The summed E-state index contributed by atoms with van der Waals surface area (Å²) >= 11 is 0. The summed E-state index contributed by atoms with van der Waals surface area (Å²) in [6, 6.07) is 27.8. The molecule has 7 nitrogen and oxygen atoms in total. The number of rotatable bonds is 12. The molecule has 0 aliphatic rings. The summed E-state index contributed by atoms with van der Waals surface area (Å²) in [6.07, 6.45) is 0.564. The second-order valence-corrected chi connectivity index (χ2v) is 9.23. The molecule has 2 N–H and O–H groups in total. The maximum Gasteiger partial charge on any atom is 0.408 e. The first-order chi connectivity index (χ1) is 19.9. The third kappa shape index (κ3) is 6.29. The van der Waals surface area contributed by atoms with Crippen LogP contribution in [-0.2, 0) is 21.5 Å². The van der Waals surface area contributed by atoms with Gasteiger partial charge in [-0.1, -0.05) is 104 Å². The highest BCUT2D eigenvalue weighted by Crippen LogP contribution is 2.41. The van der Waals surface area contributed by atoms with Gasteiger partial charge in [-0.25, -0.2) is 9.78 Å². The second-order valence-electron chi connectivity index (χ2n) is 9.23. The number of hydrogen-bond donors (Lipinski definition) is 2. The maximum atomic E-state index is 16.0. The summed E-state index contributed by atoms with van der Waals surface area (Å²) in [5.41, 5.74) is 1.45. The van der Waals surface area contributed by atoms with Crippen LogP contribution >= 0.6 is 0 Å². The lowest BCUT2D eigenvalue weighted by Crippen LogP contribution is -2.45. The van der Waals surface area contributed by atoms with Crippen LogP contribution in [0.25, 0.3) is 0 Å². The molecule has 0 spiro atoms. The molecule has 4 rings (SSSR count). The number of nitrogens with zero attached hydrogens (tertiary/aromatic N) is 2. The predicted molar refractivity (Wildman–Crippen MR) is 152 cm³/mol. The minimum atomic E-state index is -1.19. The van der Waals surface area contributed by atoms with Crippen molar-refractivity contribution in [2.45, 2.75) is 31.3 Å². The minimum absolute atomic E-state index is 0.0406. The Morgan fingerprint density at radius 2 is 1.55 bits per heavy atom. The zero-order valence-electron chi connectivity index (χ0n) is 23.3. The Hall–Kier alpha value is -4.72. The number of aromatic nitrogens is 2. The molecule has 0 bridgehead atoms. The van der Waals surface area contributed by atoms with E-state index in [2.05, 4.69) is 22.2 Å². The Bertz CT molecular complexity index is 1370. The summed E-state index contributed by atoms with van der Waals surface area (Å²) in [5.74, 6) is -0.389. The van der Waals surface area contributed by atoms with E-state index in [0.29, 0.717) is 6.42 Å². The first kappa shape index (κ1) is 26.9. The van der Waals surface area contributed by atoms with Crippen LogP contribution in [0.15, 0.2) is 110 Å². The molecule has 4 aromatic rings. The van der Waals surface area contributed by atoms with Crippen molar-refractivity contribution < 1.29 is 20.1 Å². The van der Waals surface area contributed by atoms with E-state index in [-0.39, 0.29) is 37.3 Å². The van der Waals surface area contributed by atoms with E-state index >= 15 is 4.39 Å². The number of alkyl carbamates (subject to hydrolysis) is 1. The first-order valence-corrected chi connectivity index (χ1v) is 13.1. The highest BCUT2D eigenvalue weighted by atomic mass is 19.1. The largest absolute Gasteiger partial charge is 0.445 e. The van der Waals surface area contributed by atoms with E-state index in [1.54, 1.807) is 6.92 Å². The molecule has 8 heteroatoms. The van der Waals surface area contributed by atoms with Gasteiger partial charge in [0.05, 0.1) is 7.06 Å². The molecular weight excluding hydrogens is 507 g/mol. The van der Waals surface area contributed by atoms with E-state index in [1.807, 2.05) is 91.0 Å². The van der Waals surface area contributed by atoms with Crippen LogP contribution in [0.1, 0.15) is 37.1 Å². The van der Waals surface area contributed by atoms with Gasteiger partial charge >= 0.3 is 6.09 Å². The lowest BCUT2D eigenvalue weighted by Gasteiger charge is -2.37. The molecule has 0 saturated carbocycles. The topological polar surface area (TPSA) is 85.2 Å². The Morgan fingerprint density at radius 1 is 1.02 bits per heavy atom. The number of hydrogen-bond acceptors (Lipinski definition) is 4. The lowest BCUT2D eigenvalue weighted by molar-refractivity contribution is -0.122. The van der Waals surface area contributed by atoms with Crippen LogP contribution in [0.4, 0.5) is 9.18 Å². The summed E-state index contributed by atoms with van der Waals surface area (Å²) in [5, 5.41) is 5.18. The third-order valence-corrected chi connectivity index (χ3v) is 6.51. The fraction of sp³-hybridized carbons (Fsp3) is 0.219. The minimum Gasteiger partial charge on any atom is -0.445 e. The second kappa shape index (κ2) is 13.4. The summed E-state index contributed by atoms with van der Waals surface area (Å²) in [7, 11) is 0. The van der Waals surface area contributed by atoms with Gasteiger partial charge in [0.25, 0.3) is 6.08 Å². The number of benzene rings is 3. The van der Waals surface area contributed by atoms with E-state index < -0.39 is 23.8 Å². The summed E-state index contributed by atoms with van der Waals surface area (Å²) in [6.45, 7) is 5.30. The average molecular weight is 542 g/mol. The number of amides is 2. The maximum absolute atomic E-state index is 16.0. The van der Waals surface area contributed by atoms with Crippen molar-refractivity contribution in [1.29, 1.82) is 0 Å². The van der Waals surface area contributed by atoms with Crippen molar-refractivity contribution >= 4 is 12.0 Å². The molecular formula is C32H33FN4O3. The number of imidazole rings is 1. The molecule has 1 aromatic heterocycles. The van der Waals surface area contributed by atoms with Gasteiger partial charge in [0.15, 0.2) is 0 Å². The zero-order chi connectivity index (χ0) is 29.2. The van der Waals surface area contributed by atoms with Gasteiger partial charge < -0.3 is 15.4 Å². The van der Waals surface area contributed by atoms with Gasteiger partial charge in [0.2, 0.25) is 5.91 Å². The molecule has 40 heavy (non-hydrogen) atoms. The molecule has 1 heterocycles.